The van der Waals surface area contributed by atoms with Crippen LogP contribution in [0, 0.1) is 5.92 Å². The van der Waals surface area contributed by atoms with Crippen LogP contribution < -0.4 is 10.6 Å². The van der Waals surface area contributed by atoms with Crippen molar-refractivity contribution < 1.29 is 0 Å². The van der Waals surface area contributed by atoms with Gasteiger partial charge in [-0.15, -0.1) is 0 Å². The summed E-state index contributed by atoms with van der Waals surface area (Å²) < 4.78 is 2.16. The van der Waals surface area contributed by atoms with Crippen LogP contribution in [0.2, 0.25) is 0 Å². The molecule has 1 saturated heterocycles. The fourth-order valence-corrected chi connectivity index (χ4v) is 3.77. The first kappa shape index (κ1) is 13.1. The smallest absolute Gasteiger partial charge is 0.0945 e. The van der Waals surface area contributed by atoms with Gasteiger partial charge in [-0.25, -0.2) is 4.98 Å². The molecule has 0 spiro atoms. The van der Waals surface area contributed by atoms with E-state index < -0.39 is 0 Å². The Morgan fingerprint density at radius 2 is 2.26 bits per heavy atom. The van der Waals surface area contributed by atoms with E-state index in [-0.39, 0.29) is 0 Å². The Balaban J connectivity index is 1.39. The van der Waals surface area contributed by atoms with Crippen molar-refractivity contribution in [2.45, 2.75) is 57.2 Å². The SMILES string of the molecule is c1cn(CCCNC2CCCC2C2CCCN2)cn1. The number of rotatable bonds is 6. The quantitative estimate of drug-likeness (QED) is 0.768. The molecule has 3 rings (SSSR count). The third-order valence-electron chi connectivity index (χ3n) is 4.74. The van der Waals surface area contributed by atoms with Gasteiger partial charge in [0.25, 0.3) is 0 Å². The number of hydrogen-bond donors (Lipinski definition) is 2. The highest BCUT2D eigenvalue weighted by Gasteiger charge is 2.34. The average Bonchev–Trinajstić information content (AvgIpc) is 3.15. The van der Waals surface area contributed by atoms with Crippen LogP contribution in [-0.2, 0) is 6.54 Å². The topological polar surface area (TPSA) is 41.9 Å². The Morgan fingerprint density at radius 1 is 1.26 bits per heavy atom. The molecular weight excluding hydrogens is 236 g/mol. The predicted molar refractivity (Wildman–Crippen MR) is 77.0 cm³/mol. The summed E-state index contributed by atoms with van der Waals surface area (Å²) in [7, 11) is 0. The van der Waals surface area contributed by atoms with E-state index >= 15 is 0 Å². The highest BCUT2D eigenvalue weighted by Crippen LogP contribution is 2.31. The van der Waals surface area contributed by atoms with Gasteiger partial charge in [0.15, 0.2) is 0 Å². The Labute approximate surface area is 116 Å². The molecule has 0 bridgehead atoms. The first-order chi connectivity index (χ1) is 9.43. The van der Waals surface area contributed by atoms with Crippen LogP contribution in [0.15, 0.2) is 18.7 Å². The van der Waals surface area contributed by atoms with E-state index in [1.807, 2.05) is 18.7 Å². The molecule has 1 aliphatic heterocycles. The summed E-state index contributed by atoms with van der Waals surface area (Å²) in [6.45, 7) is 3.44. The van der Waals surface area contributed by atoms with Crippen LogP contribution in [0.5, 0.6) is 0 Å². The van der Waals surface area contributed by atoms with Crippen LogP contribution >= 0.6 is 0 Å². The molecule has 106 valence electrons. The van der Waals surface area contributed by atoms with Gasteiger partial charge in [0.2, 0.25) is 0 Å². The summed E-state index contributed by atoms with van der Waals surface area (Å²) in [6, 6.07) is 1.53. The Bertz CT molecular complexity index is 356. The average molecular weight is 262 g/mol. The second kappa shape index (κ2) is 6.53. The molecule has 2 fully saturated rings. The summed E-state index contributed by atoms with van der Waals surface area (Å²) >= 11 is 0. The zero-order valence-corrected chi connectivity index (χ0v) is 11.7. The minimum Gasteiger partial charge on any atom is -0.337 e. The summed E-state index contributed by atoms with van der Waals surface area (Å²) in [6.07, 6.45) is 13.9. The molecule has 4 heteroatoms. The van der Waals surface area contributed by atoms with Crippen molar-refractivity contribution in [2.75, 3.05) is 13.1 Å². The highest BCUT2D eigenvalue weighted by molar-refractivity contribution is 4.93. The molecule has 1 aliphatic carbocycles. The number of imidazole rings is 1. The molecule has 4 nitrogen and oxygen atoms in total. The Morgan fingerprint density at radius 3 is 3.05 bits per heavy atom. The molecule has 0 radical (unpaired) electrons. The minimum absolute atomic E-state index is 0.749. The van der Waals surface area contributed by atoms with Crippen molar-refractivity contribution in [1.82, 2.24) is 20.2 Å². The van der Waals surface area contributed by atoms with E-state index in [2.05, 4.69) is 20.2 Å². The maximum Gasteiger partial charge on any atom is 0.0945 e. The van der Waals surface area contributed by atoms with E-state index in [4.69, 9.17) is 0 Å². The number of aromatic nitrogens is 2. The van der Waals surface area contributed by atoms with Gasteiger partial charge in [-0.3, -0.25) is 0 Å². The molecule has 2 N–H and O–H groups in total. The number of nitrogens with zero attached hydrogens (tertiary/aromatic N) is 2. The third-order valence-corrected chi connectivity index (χ3v) is 4.74. The predicted octanol–water partition coefficient (Wildman–Crippen LogP) is 1.78. The second-order valence-electron chi connectivity index (χ2n) is 6.01. The molecule has 3 atom stereocenters. The second-order valence-corrected chi connectivity index (χ2v) is 6.01. The first-order valence-electron chi connectivity index (χ1n) is 7.86. The molecule has 1 saturated carbocycles. The van der Waals surface area contributed by atoms with Crippen molar-refractivity contribution in [3.8, 4) is 0 Å². The number of nitrogens with one attached hydrogen (secondary N) is 2. The fraction of sp³-hybridized carbons (Fsp3) is 0.800. The molecule has 0 amide bonds. The standard InChI is InChI=1S/C15H26N4/c1-4-13(15-6-2-7-17-15)14(5-1)18-8-3-10-19-11-9-16-12-19/h9,11-15,17-18H,1-8,10H2. The Hall–Kier alpha value is -0.870. The van der Waals surface area contributed by atoms with E-state index in [0.717, 1.165) is 31.1 Å². The van der Waals surface area contributed by atoms with Crippen molar-refractivity contribution in [2.24, 2.45) is 5.92 Å². The lowest BCUT2D eigenvalue weighted by molar-refractivity contribution is 0.319. The normalized spacial score (nSPS) is 31.1. The van der Waals surface area contributed by atoms with Gasteiger partial charge >= 0.3 is 0 Å². The van der Waals surface area contributed by atoms with E-state index in [0.29, 0.717) is 0 Å². The molecular formula is C15H26N4. The van der Waals surface area contributed by atoms with E-state index in [1.165, 1.54) is 45.1 Å². The number of aryl methyl sites for hydroxylation is 1. The van der Waals surface area contributed by atoms with Crippen LogP contribution in [0.25, 0.3) is 0 Å². The van der Waals surface area contributed by atoms with Crippen molar-refractivity contribution in [3.63, 3.8) is 0 Å². The van der Waals surface area contributed by atoms with Crippen LogP contribution in [0.4, 0.5) is 0 Å². The van der Waals surface area contributed by atoms with Gasteiger partial charge in [-0.05, 0) is 51.1 Å². The lowest BCUT2D eigenvalue weighted by Crippen LogP contribution is -2.42. The maximum absolute atomic E-state index is 4.08. The molecule has 3 unspecified atom stereocenters. The highest BCUT2D eigenvalue weighted by atomic mass is 15.0. The van der Waals surface area contributed by atoms with Gasteiger partial charge in [0.1, 0.15) is 0 Å². The molecule has 2 aliphatic rings. The maximum atomic E-state index is 4.08. The molecule has 19 heavy (non-hydrogen) atoms. The summed E-state index contributed by atoms with van der Waals surface area (Å²) in [5.41, 5.74) is 0. The van der Waals surface area contributed by atoms with Gasteiger partial charge in [0.05, 0.1) is 6.33 Å². The van der Waals surface area contributed by atoms with E-state index in [9.17, 15) is 0 Å². The number of hydrogen-bond acceptors (Lipinski definition) is 3. The first-order valence-corrected chi connectivity index (χ1v) is 7.86. The molecule has 1 aromatic heterocycles. The van der Waals surface area contributed by atoms with Gasteiger partial charge in [0, 0.05) is 31.0 Å². The van der Waals surface area contributed by atoms with Crippen LogP contribution in [0.3, 0.4) is 0 Å². The molecule has 0 aromatic carbocycles. The minimum atomic E-state index is 0.749. The largest absolute Gasteiger partial charge is 0.337 e. The van der Waals surface area contributed by atoms with Crippen molar-refractivity contribution >= 4 is 0 Å². The van der Waals surface area contributed by atoms with Crippen LogP contribution in [-0.4, -0.2) is 34.7 Å². The third kappa shape index (κ3) is 3.37. The zero-order valence-electron chi connectivity index (χ0n) is 11.7. The lowest BCUT2D eigenvalue weighted by atomic mass is 9.93. The zero-order chi connectivity index (χ0) is 12.9. The summed E-state index contributed by atoms with van der Waals surface area (Å²) in [5, 5.41) is 7.49. The summed E-state index contributed by atoms with van der Waals surface area (Å²) in [5.74, 6) is 0.871. The van der Waals surface area contributed by atoms with Gasteiger partial charge in [-0.1, -0.05) is 6.42 Å². The van der Waals surface area contributed by atoms with Crippen LogP contribution in [0.1, 0.15) is 38.5 Å². The fourth-order valence-electron chi connectivity index (χ4n) is 3.77. The molecule has 1 aromatic rings. The van der Waals surface area contributed by atoms with Crippen molar-refractivity contribution in [3.05, 3.63) is 18.7 Å². The lowest BCUT2D eigenvalue weighted by Gasteiger charge is -2.26. The van der Waals surface area contributed by atoms with Crippen molar-refractivity contribution in [1.29, 1.82) is 0 Å². The summed E-state index contributed by atoms with van der Waals surface area (Å²) in [4.78, 5) is 4.08. The monoisotopic (exact) mass is 262 g/mol. The Kier molecular flexibility index (Phi) is 4.51. The van der Waals surface area contributed by atoms with E-state index in [1.54, 1.807) is 0 Å². The van der Waals surface area contributed by atoms with Gasteiger partial charge in [-0.2, -0.15) is 0 Å². The molecule has 2 heterocycles. The van der Waals surface area contributed by atoms with Gasteiger partial charge < -0.3 is 15.2 Å².